The van der Waals surface area contributed by atoms with Crippen LogP contribution in [0.4, 0.5) is 0 Å². The quantitative estimate of drug-likeness (QED) is 0.0268. The molecule has 1 aliphatic heterocycles. The first-order valence-electron chi connectivity index (χ1n) is 23.7. The number of allylic oxidation sites excluding steroid dienone is 14. The highest BCUT2D eigenvalue weighted by Crippen LogP contribution is 2.22. The van der Waals surface area contributed by atoms with Crippen LogP contribution in [0.2, 0.25) is 0 Å². The molecule has 1 heterocycles. The topological polar surface area (TPSA) is 152 Å². The molecule has 10 nitrogen and oxygen atoms in total. The van der Waals surface area contributed by atoms with Gasteiger partial charge in [-0.15, -0.1) is 0 Å². The molecule has 0 spiro atoms. The smallest absolute Gasteiger partial charge is 0.306 e. The van der Waals surface area contributed by atoms with Crippen molar-refractivity contribution in [1.82, 2.24) is 0 Å². The van der Waals surface area contributed by atoms with Crippen molar-refractivity contribution in [1.29, 1.82) is 0 Å². The molecule has 0 aromatic heterocycles. The van der Waals surface area contributed by atoms with Crippen molar-refractivity contribution in [3.63, 3.8) is 0 Å². The molecule has 1 aliphatic rings. The Labute approximate surface area is 369 Å². The van der Waals surface area contributed by atoms with Crippen molar-refractivity contribution in [2.24, 2.45) is 0 Å². The Morgan fingerprint density at radius 3 is 1.38 bits per heavy atom. The van der Waals surface area contributed by atoms with E-state index in [1.807, 2.05) is 0 Å². The molecule has 1 rings (SSSR count). The number of carbonyl (C=O) groups is 2. The first-order chi connectivity index (χ1) is 29.8. The van der Waals surface area contributed by atoms with Gasteiger partial charge in [-0.3, -0.25) is 9.59 Å². The highest BCUT2D eigenvalue weighted by atomic mass is 16.7. The Bertz CT molecular complexity index is 1270. The molecular formula is C51H84O10. The molecule has 6 atom stereocenters. The largest absolute Gasteiger partial charge is 0.462 e. The van der Waals surface area contributed by atoms with Crippen LogP contribution in [0.5, 0.6) is 0 Å². The summed E-state index contributed by atoms with van der Waals surface area (Å²) in [5.41, 5.74) is 0. The summed E-state index contributed by atoms with van der Waals surface area (Å²) in [6.45, 7) is 3.16. The van der Waals surface area contributed by atoms with E-state index in [1.54, 1.807) is 0 Å². The summed E-state index contributed by atoms with van der Waals surface area (Å²) in [7, 11) is 0. The Morgan fingerprint density at radius 2 is 0.918 bits per heavy atom. The van der Waals surface area contributed by atoms with Crippen molar-refractivity contribution in [2.75, 3.05) is 19.8 Å². The minimum Gasteiger partial charge on any atom is -0.462 e. The maximum atomic E-state index is 12.8. The van der Waals surface area contributed by atoms with Crippen molar-refractivity contribution in [2.45, 2.75) is 205 Å². The summed E-state index contributed by atoms with van der Waals surface area (Å²) in [5, 5.41) is 40.1. The highest BCUT2D eigenvalue weighted by molar-refractivity contribution is 5.70. The van der Waals surface area contributed by atoms with Gasteiger partial charge in [-0.25, -0.2) is 0 Å². The van der Waals surface area contributed by atoms with E-state index in [0.717, 1.165) is 103 Å². The van der Waals surface area contributed by atoms with E-state index in [4.69, 9.17) is 18.9 Å². The number of esters is 2. The van der Waals surface area contributed by atoms with Crippen molar-refractivity contribution in [3.05, 3.63) is 85.1 Å². The zero-order chi connectivity index (χ0) is 44.4. The second-order valence-electron chi connectivity index (χ2n) is 15.8. The van der Waals surface area contributed by atoms with Crippen molar-refractivity contribution >= 4 is 11.9 Å². The van der Waals surface area contributed by atoms with E-state index in [0.29, 0.717) is 12.8 Å². The molecule has 0 bridgehead atoms. The van der Waals surface area contributed by atoms with Gasteiger partial charge < -0.3 is 39.4 Å². The lowest BCUT2D eigenvalue weighted by Gasteiger charge is -2.39. The fourth-order valence-corrected chi connectivity index (χ4v) is 6.60. The van der Waals surface area contributed by atoms with E-state index in [1.165, 1.54) is 25.7 Å². The molecule has 0 radical (unpaired) electrons. The number of unbranched alkanes of at least 4 members (excludes halogenated alkanes) is 13. The van der Waals surface area contributed by atoms with Crippen LogP contribution in [0, 0.1) is 0 Å². The Balaban J connectivity index is 2.32. The molecule has 1 saturated heterocycles. The molecule has 6 unspecified atom stereocenters. The third-order valence-corrected chi connectivity index (χ3v) is 10.3. The van der Waals surface area contributed by atoms with Gasteiger partial charge in [0.2, 0.25) is 0 Å². The standard InChI is InChI=1S/C51H84O10/c1-3-5-7-9-11-13-15-17-19-20-21-22-23-24-26-28-30-32-34-36-38-40-47(54)60-44(43-59-51-50(57)49(56)48(55)45(41-52)61-51)42-58-46(53)39-37-35-33-31-29-27-25-18-16-14-12-10-8-6-4-2/h5-8,11-14,17-19,21-22,25,44-45,48-52,55-57H,3-4,9-10,15-16,20,23-24,26-43H2,1-2H3/b7-5-,8-6-,13-11-,14-12-,19-17-,22-21-,25-18-. The summed E-state index contributed by atoms with van der Waals surface area (Å²) in [4.78, 5) is 25.4. The van der Waals surface area contributed by atoms with Gasteiger partial charge in [0.1, 0.15) is 31.0 Å². The van der Waals surface area contributed by atoms with Gasteiger partial charge in [-0.1, -0.05) is 157 Å². The van der Waals surface area contributed by atoms with Gasteiger partial charge in [-0.2, -0.15) is 0 Å². The Hall–Kier alpha value is -3.12. The SMILES string of the molecule is CC/C=C\C/C=C\C/C=C\C/C=C\CCCCCCCCCCC(=O)OC(COC(=O)CCCCCCC/C=C\C/C=C\C/C=C\CC)COC1OC(CO)C(O)C(O)C1O. The van der Waals surface area contributed by atoms with Crippen LogP contribution in [-0.4, -0.2) is 89.0 Å². The lowest BCUT2D eigenvalue weighted by molar-refractivity contribution is -0.305. The normalized spacial score (nSPS) is 20.5. The fraction of sp³-hybridized carbons (Fsp3) is 0.686. The Kier molecular flexibility index (Phi) is 37.5. The average molecular weight is 857 g/mol. The second kappa shape index (κ2) is 40.9. The minimum atomic E-state index is -1.60. The molecule has 0 aromatic rings. The predicted octanol–water partition coefficient (Wildman–Crippen LogP) is 10.6. The van der Waals surface area contributed by atoms with Gasteiger partial charge in [0.05, 0.1) is 13.2 Å². The van der Waals surface area contributed by atoms with Gasteiger partial charge in [-0.05, 0) is 83.5 Å². The minimum absolute atomic E-state index is 0.211. The number of aliphatic hydroxyl groups is 4. The van der Waals surface area contributed by atoms with Gasteiger partial charge in [0, 0.05) is 12.8 Å². The lowest BCUT2D eigenvalue weighted by Crippen LogP contribution is -2.59. The van der Waals surface area contributed by atoms with E-state index in [2.05, 4.69) is 98.9 Å². The molecular weight excluding hydrogens is 773 g/mol. The molecule has 61 heavy (non-hydrogen) atoms. The van der Waals surface area contributed by atoms with Gasteiger partial charge in [0.15, 0.2) is 12.4 Å². The van der Waals surface area contributed by atoms with Crippen LogP contribution >= 0.6 is 0 Å². The number of hydrogen-bond donors (Lipinski definition) is 4. The third kappa shape index (κ3) is 32.3. The number of rotatable bonds is 38. The first-order valence-corrected chi connectivity index (χ1v) is 23.7. The van der Waals surface area contributed by atoms with Crippen LogP contribution in [0.15, 0.2) is 85.1 Å². The Morgan fingerprint density at radius 1 is 0.508 bits per heavy atom. The molecule has 0 saturated carbocycles. The van der Waals surface area contributed by atoms with E-state index in [9.17, 15) is 30.0 Å². The van der Waals surface area contributed by atoms with Gasteiger partial charge >= 0.3 is 11.9 Å². The predicted molar refractivity (Wildman–Crippen MR) is 247 cm³/mol. The summed E-state index contributed by atoms with van der Waals surface area (Å²) in [6.07, 6.45) is 45.8. The van der Waals surface area contributed by atoms with E-state index < -0.39 is 55.4 Å². The molecule has 0 amide bonds. The lowest BCUT2D eigenvalue weighted by atomic mass is 9.99. The summed E-state index contributed by atoms with van der Waals surface area (Å²) >= 11 is 0. The second-order valence-corrected chi connectivity index (χ2v) is 15.8. The zero-order valence-electron chi connectivity index (χ0n) is 37.9. The van der Waals surface area contributed by atoms with Crippen LogP contribution < -0.4 is 0 Å². The molecule has 4 N–H and O–H groups in total. The number of carbonyl (C=O) groups excluding carboxylic acids is 2. The van der Waals surface area contributed by atoms with Crippen molar-refractivity contribution < 1.29 is 49.0 Å². The number of aliphatic hydroxyl groups excluding tert-OH is 4. The molecule has 1 fully saturated rings. The van der Waals surface area contributed by atoms with E-state index in [-0.39, 0.29) is 26.1 Å². The monoisotopic (exact) mass is 857 g/mol. The maximum Gasteiger partial charge on any atom is 0.306 e. The number of ether oxygens (including phenoxy) is 4. The van der Waals surface area contributed by atoms with Crippen LogP contribution in [0.1, 0.15) is 168 Å². The van der Waals surface area contributed by atoms with Crippen molar-refractivity contribution in [3.8, 4) is 0 Å². The highest BCUT2D eigenvalue weighted by Gasteiger charge is 2.44. The molecule has 10 heteroatoms. The molecule has 0 aromatic carbocycles. The van der Waals surface area contributed by atoms with Crippen LogP contribution in [0.25, 0.3) is 0 Å². The summed E-state index contributed by atoms with van der Waals surface area (Å²) in [6, 6.07) is 0. The average Bonchev–Trinajstić information content (AvgIpc) is 3.26. The summed E-state index contributed by atoms with van der Waals surface area (Å²) in [5.74, 6) is -0.842. The molecule has 0 aliphatic carbocycles. The zero-order valence-corrected chi connectivity index (χ0v) is 37.9. The molecule has 348 valence electrons. The van der Waals surface area contributed by atoms with Crippen LogP contribution in [-0.2, 0) is 28.5 Å². The summed E-state index contributed by atoms with van der Waals surface area (Å²) < 4.78 is 22.2. The van der Waals surface area contributed by atoms with E-state index >= 15 is 0 Å². The maximum absolute atomic E-state index is 12.8. The van der Waals surface area contributed by atoms with Crippen LogP contribution in [0.3, 0.4) is 0 Å². The first kappa shape index (κ1) is 55.9. The van der Waals surface area contributed by atoms with Gasteiger partial charge in [0.25, 0.3) is 0 Å². The number of hydrogen-bond acceptors (Lipinski definition) is 10. The third-order valence-electron chi connectivity index (χ3n) is 10.3. The fourth-order valence-electron chi connectivity index (χ4n) is 6.60.